The summed E-state index contributed by atoms with van der Waals surface area (Å²) < 4.78 is 13.6. The lowest BCUT2D eigenvalue weighted by Gasteiger charge is -2.22. The Labute approximate surface area is 200 Å². The SMILES string of the molecule is COc1cc(CN(CCN)c2nc3c(Br)cncc3s2)ccc1OCc1ccccc1C. The summed E-state index contributed by atoms with van der Waals surface area (Å²) in [5, 5.41) is 0.915. The highest BCUT2D eigenvalue weighted by atomic mass is 79.9. The molecular formula is C24H25BrN4O2S. The van der Waals surface area contributed by atoms with Crippen molar-refractivity contribution in [3.05, 3.63) is 76.0 Å². The number of rotatable bonds is 9. The van der Waals surface area contributed by atoms with Gasteiger partial charge in [0.2, 0.25) is 0 Å². The smallest absolute Gasteiger partial charge is 0.186 e. The minimum atomic E-state index is 0.496. The minimum Gasteiger partial charge on any atom is -0.493 e. The van der Waals surface area contributed by atoms with E-state index in [0.717, 1.165) is 36.7 Å². The van der Waals surface area contributed by atoms with Crippen molar-refractivity contribution in [2.45, 2.75) is 20.1 Å². The normalized spacial score (nSPS) is 11.0. The number of nitrogens with two attached hydrogens (primary N) is 1. The van der Waals surface area contributed by atoms with Gasteiger partial charge in [-0.1, -0.05) is 41.7 Å². The summed E-state index contributed by atoms with van der Waals surface area (Å²) >= 11 is 5.15. The third-order valence-corrected chi connectivity index (χ3v) is 6.79. The summed E-state index contributed by atoms with van der Waals surface area (Å²) in [4.78, 5) is 11.2. The molecule has 4 rings (SSSR count). The van der Waals surface area contributed by atoms with E-state index in [9.17, 15) is 0 Å². The van der Waals surface area contributed by atoms with E-state index in [0.29, 0.717) is 32.0 Å². The van der Waals surface area contributed by atoms with Crippen LogP contribution in [0.1, 0.15) is 16.7 Å². The van der Waals surface area contributed by atoms with Gasteiger partial charge in [0.05, 0.1) is 16.3 Å². The number of thiazole rings is 1. The molecule has 0 bridgehead atoms. The lowest BCUT2D eigenvalue weighted by atomic mass is 10.1. The Morgan fingerprint density at radius 3 is 2.72 bits per heavy atom. The van der Waals surface area contributed by atoms with E-state index in [4.69, 9.17) is 20.2 Å². The highest BCUT2D eigenvalue weighted by molar-refractivity contribution is 9.10. The van der Waals surface area contributed by atoms with E-state index in [1.165, 1.54) is 5.56 Å². The molecule has 166 valence electrons. The molecule has 2 N–H and O–H groups in total. The molecule has 4 aromatic rings. The molecule has 0 saturated carbocycles. The number of aryl methyl sites for hydroxylation is 1. The van der Waals surface area contributed by atoms with Crippen molar-refractivity contribution >= 4 is 42.6 Å². The first kappa shape index (κ1) is 22.5. The molecule has 8 heteroatoms. The second-order valence-corrected chi connectivity index (χ2v) is 9.24. The second-order valence-electron chi connectivity index (χ2n) is 7.38. The van der Waals surface area contributed by atoms with Crippen LogP contribution in [0.5, 0.6) is 11.5 Å². The highest BCUT2D eigenvalue weighted by Crippen LogP contribution is 2.34. The predicted octanol–water partition coefficient (Wildman–Crippen LogP) is 5.32. The number of nitrogens with zero attached hydrogens (tertiary/aromatic N) is 3. The topological polar surface area (TPSA) is 73.5 Å². The Bertz CT molecular complexity index is 1210. The molecule has 0 spiro atoms. The van der Waals surface area contributed by atoms with E-state index in [1.54, 1.807) is 24.6 Å². The number of ether oxygens (including phenoxy) is 2. The van der Waals surface area contributed by atoms with Gasteiger partial charge in [-0.05, 0) is 51.7 Å². The molecule has 0 unspecified atom stereocenters. The largest absolute Gasteiger partial charge is 0.493 e. The van der Waals surface area contributed by atoms with Gasteiger partial charge in [-0.2, -0.15) is 0 Å². The van der Waals surface area contributed by atoms with Crippen molar-refractivity contribution in [1.29, 1.82) is 0 Å². The predicted molar refractivity (Wildman–Crippen MR) is 134 cm³/mol. The number of hydrogen-bond acceptors (Lipinski definition) is 7. The molecule has 32 heavy (non-hydrogen) atoms. The molecule has 0 atom stereocenters. The summed E-state index contributed by atoms with van der Waals surface area (Å²) in [6.07, 6.45) is 3.60. The molecule has 0 radical (unpaired) electrons. The molecule has 0 aliphatic carbocycles. The molecule has 2 aromatic heterocycles. The van der Waals surface area contributed by atoms with Gasteiger partial charge in [0.15, 0.2) is 16.6 Å². The summed E-state index contributed by atoms with van der Waals surface area (Å²) in [7, 11) is 1.66. The second kappa shape index (κ2) is 10.3. The number of hydrogen-bond donors (Lipinski definition) is 1. The standard InChI is InChI=1S/C24H25BrN4O2S/c1-16-5-3-4-6-18(16)15-31-20-8-7-17(11-21(20)30-2)14-29(10-9-26)24-28-23-19(25)12-27-13-22(23)32-24/h3-8,11-13H,9-10,14-15,26H2,1-2H3. The van der Waals surface area contributed by atoms with Crippen LogP contribution in [0.15, 0.2) is 59.3 Å². The van der Waals surface area contributed by atoms with Crippen molar-refractivity contribution in [3.63, 3.8) is 0 Å². The molecule has 2 aromatic carbocycles. The van der Waals surface area contributed by atoms with Gasteiger partial charge in [0, 0.05) is 32.0 Å². The van der Waals surface area contributed by atoms with Gasteiger partial charge < -0.3 is 20.1 Å². The molecule has 6 nitrogen and oxygen atoms in total. The van der Waals surface area contributed by atoms with Crippen molar-refractivity contribution < 1.29 is 9.47 Å². The summed E-state index contributed by atoms with van der Waals surface area (Å²) in [6, 6.07) is 14.3. The number of fused-ring (bicyclic) bond motifs is 1. The fourth-order valence-electron chi connectivity index (χ4n) is 3.42. The molecule has 2 heterocycles. The van der Waals surface area contributed by atoms with Crippen LogP contribution in [0.25, 0.3) is 10.2 Å². The Balaban J connectivity index is 1.53. The molecular weight excluding hydrogens is 488 g/mol. The Kier molecular flexibility index (Phi) is 7.24. The zero-order chi connectivity index (χ0) is 22.5. The molecule has 0 aliphatic rings. The molecule has 0 fully saturated rings. The first-order valence-electron chi connectivity index (χ1n) is 10.3. The lowest BCUT2D eigenvalue weighted by Crippen LogP contribution is -2.28. The third kappa shape index (κ3) is 5.03. The number of pyridine rings is 1. The maximum absolute atomic E-state index is 6.06. The monoisotopic (exact) mass is 512 g/mol. The van der Waals surface area contributed by atoms with Crippen LogP contribution in [-0.2, 0) is 13.2 Å². The van der Waals surface area contributed by atoms with Crippen LogP contribution in [0, 0.1) is 6.92 Å². The van der Waals surface area contributed by atoms with Crippen LogP contribution >= 0.6 is 27.3 Å². The first-order valence-corrected chi connectivity index (χ1v) is 11.9. The van der Waals surface area contributed by atoms with E-state index in [-0.39, 0.29) is 0 Å². The van der Waals surface area contributed by atoms with E-state index in [2.05, 4.69) is 50.9 Å². The zero-order valence-electron chi connectivity index (χ0n) is 18.0. The fourth-order valence-corrected chi connectivity index (χ4v) is 4.96. The van der Waals surface area contributed by atoms with Gasteiger partial charge in [-0.15, -0.1) is 0 Å². The van der Waals surface area contributed by atoms with Gasteiger partial charge in [0.1, 0.15) is 12.1 Å². The van der Waals surface area contributed by atoms with E-state index < -0.39 is 0 Å². The average Bonchev–Trinajstić information content (AvgIpc) is 3.24. The maximum atomic E-state index is 6.06. The van der Waals surface area contributed by atoms with Gasteiger partial charge in [-0.3, -0.25) is 4.98 Å². The van der Waals surface area contributed by atoms with Crippen molar-refractivity contribution in [2.75, 3.05) is 25.1 Å². The van der Waals surface area contributed by atoms with E-state index in [1.807, 2.05) is 30.5 Å². The van der Waals surface area contributed by atoms with Crippen LogP contribution in [0.4, 0.5) is 5.13 Å². The van der Waals surface area contributed by atoms with Gasteiger partial charge >= 0.3 is 0 Å². The zero-order valence-corrected chi connectivity index (χ0v) is 20.4. The molecule has 0 saturated heterocycles. The fraction of sp³-hybridized carbons (Fsp3) is 0.250. The Morgan fingerprint density at radius 1 is 1.12 bits per heavy atom. The maximum Gasteiger partial charge on any atom is 0.186 e. The number of benzene rings is 2. The van der Waals surface area contributed by atoms with Gasteiger partial charge in [-0.25, -0.2) is 4.98 Å². The van der Waals surface area contributed by atoms with Crippen LogP contribution in [0.2, 0.25) is 0 Å². The first-order chi connectivity index (χ1) is 15.6. The van der Waals surface area contributed by atoms with Gasteiger partial charge in [0.25, 0.3) is 0 Å². The van der Waals surface area contributed by atoms with Crippen molar-refractivity contribution in [1.82, 2.24) is 9.97 Å². The molecule has 0 aliphatic heterocycles. The quantitative estimate of drug-likeness (QED) is 0.327. The number of anilines is 1. The summed E-state index contributed by atoms with van der Waals surface area (Å²) in [5.74, 6) is 1.43. The minimum absolute atomic E-state index is 0.496. The Morgan fingerprint density at radius 2 is 1.97 bits per heavy atom. The summed E-state index contributed by atoms with van der Waals surface area (Å²) in [6.45, 7) is 4.47. The highest BCUT2D eigenvalue weighted by Gasteiger charge is 2.15. The summed E-state index contributed by atoms with van der Waals surface area (Å²) in [5.41, 5.74) is 10.3. The average molecular weight is 513 g/mol. The van der Waals surface area contributed by atoms with Crippen molar-refractivity contribution in [2.24, 2.45) is 5.73 Å². The van der Waals surface area contributed by atoms with Crippen LogP contribution in [-0.4, -0.2) is 30.2 Å². The van der Waals surface area contributed by atoms with Crippen LogP contribution in [0.3, 0.4) is 0 Å². The molecule has 0 amide bonds. The number of aromatic nitrogens is 2. The van der Waals surface area contributed by atoms with E-state index >= 15 is 0 Å². The third-order valence-electron chi connectivity index (χ3n) is 5.16. The lowest BCUT2D eigenvalue weighted by molar-refractivity contribution is 0.283. The Hall–Kier alpha value is -2.68. The number of halogens is 1. The number of methoxy groups -OCH3 is 1. The van der Waals surface area contributed by atoms with Crippen molar-refractivity contribution in [3.8, 4) is 11.5 Å². The van der Waals surface area contributed by atoms with Crippen LogP contribution < -0.4 is 20.1 Å².